The summed E-state index contributed by atoms with van der Waals surface area (Å²) in [4.78, 5) is 25.3. The van der Waals surface area contributed by atoms with Crippen LogP contribution in [0, 0.1) is 0 Å². The minimum absolute atomic E-state index is 0.0735. The SMILES string of the molecule is CC1(OO)C(=O)CNC1=O. The summed E-state index contributed by atoms with van der Waals surface area (Å²) >= 11 is 0. The van der Waals surface area contributed by atoms with E-state index in [4.69, 9.17) is 5.26 Å². The Hall–Kier alpha value is -0.940. The van der Waals surface area contributed by atoms with E-state index in [2.05, 4.69) is 10.2 Å². The average Bonchev–Trinajstić information content (AvgIpc) is 2.18. The normalized spacial score (nSPS) is 32.6. The van der Waals surface area contributed by atoms with Crippen LogP contribution in [0.25, 0.3) is 0 Å². The minimum Gasteiger partial charge on any atom is -0.346 e. The van der Waals surface area contributed by atoms with Gasteiger partial charge < -0.3 is 5.32 Å². The molecule has 56 valence electrons. The quantitative estimate of drug-likeness (QED) is 0.280. The Morgan fingerprint density at radius 2 is 2.30 bits per heavy atom. The molecular weight excluding hydrogens is 138 g/mol. The lowest BCUT2D eigenvalue weighted by atomic mass is 10.1. The van der Waals surface area contributed by atoms with Gasteiger partial charge in [-0.25, -0.2) is 4.89 Å². The van der Waals surface area contributed by atoms with Gasteiger partial charge in [0.15, 0.2) is 5.78 Å². The molecule has 5 heteroatoms. The van der Waals surface area contributed by atoms with Crippen LogP contribution in [0.1, 0.15) is 6.92 Å². The fraction of sp³-hybridized carbons (Fsp3) is 0.600. The van der Waals surface area contributed by atoms with Crippen LogP contribution in [-0.4, -0.2) is 29.1 Å². The predicted octanol–water partition coefficient (Wildman–Crippen LogP) is -1.07. The first-order valence-corrected chi connectivity index (χ1v) is 2.75. The van der Waals surface area contributed by atoms with E-state index in [9.17, 15) is 9.59 Å². The zero-order chi connectivity index (χ0) is 7.78. The second kappa shape index (κ2) is 2.03. The van der Waals surface area contributed by atoms with Gasteiger partial charge in [-0.15, -0.1) is 0 Å². The van der Waals surface area contributed by atoms with Crippen molar-refractivity contribution in [1.82, 2.24) is 5.32 Å². The molecule has 10 heavy (non-hydrogen) atoms. The number of ketones is 1. The largest absolute Gasteiger partial charge is 0.346 e. The van der Waals surface area contributed by atoms with E-state index >= 15 is 0 Å². The first kappa shape index (κ1) is 7.17. The Morgan fingerprint density at radius 3 is 2.50 bits per heavy atom. The fourth-order valence-corrected chi connectivity index (χ4v) is 0.717. The molecule has 0 bridgehead atoms. The van der Waals surface area contributed by atoms with Crippen molar-refractivity contribution in [2.24, 2.45) is 0 Å². The first-order valence-electron chi connectivity index (χ1n) is 2.75. The van der Waals surface area contributed by atoms with Crippen LogP contribution in [0.3, 0.4) is 0 Å². The maximum atomic E-state index is 10.8. The van der Waals surface area contributed by atoms with Crippen molar-refractivity contribution < 1.29 is 19.7 Å². The Labute approximate surface area is 56.9 Å². The van der Waals surface area contributed by atoms with Gasteiger partial charge in [-0.05, 0) is 6.92 Å². The van der Waals surface area contributed by atoms with Crippen LogP contribution >= 0.6 is 0 Å². The molecule has 1 amide bonds. The number of Topliss-reactive ketones (excluding diaryl/α,β-unsaturated/α-hetero) is 1. The van der Waals surface area contributed by atoms with Crippen LogP contribution in [-0.2, 0) is 14.5 Å². The Bertz CT molecular complexity index is 172. The summed E-state index contributed by atoms with van der Waals surface area (Å²) in [5.74, 6) is -1.06. The maximum Gasteiger partial charge on any atom is 0.263 e. The summed E-state index contributed by atoms with van der Waals surface area (Å²) < 4.78 is 0. The number of hydrogen-bond acceptors (Lipinski definition) is 4. The molecule has 1 atom stereocenters. The van der Waals surface area contributed by atoms with Crippen LogP contribution in [0.5, 0.6) is 0 Å². The second-order valence-corrected chi connectivity index (χ2v) is 2.23. The van der Waals surface area contributed by atoms with E-state index < -0.39 is 17.3 Å². The van der Waals surface area contributed by atoms with Gasteiger partial charge in [0, 0.05) is 0 Å². The van der Waals surface area contributed by atoms with Crippen molar-refractivity contribution in [1.29, 1.82) is 0 Å². The van der Waals surface area contributed by atoms with E-state index in [1.807, 2.05) is 0 Å². The van der Waals surface area contributed by atoms with Gasteiger partial charge in [-0.3, -0.25) is 14.8 Å². The molecule has 1 fully saturated rings. The van der Waals surface area contributed by atoms with E-state index in [-0.39, 0.29) is 6.54 Å². The summed E-state index contributed by atoms with van der Waals surface area (Å²) in [5, 5.41) is 10.4. The average molecular weight is 145 g/mol. The minimum atomic E-state index is -1.68. The third-order valence-corrected chi connectivity index (χ3v) is 1.56. The van der Waals surface area contributed by atoms with E-state index in [0.717, 1.165) is 0 Å². The van der Waals surface area contributed by atoms with Gasteiger partial charge in [0.1, 0.15) is 0 Å². The number of rotatable bonds is 1. The lowest BCUT2D eigenvalue weighted by Gasteiger charge is -2.12. The number of nitrogens with one attached hydrogen (secondary N) is 1. The van der Waals surface area contributed by atoms with Crippen molar-refractivity contribution >= 4 is 11.7 Å². The topological polar surface area (TPSA) is 75.6 Å². The summed E-state index contributed by atoms with van der Waals surface area (Å²) in [5.41, 5.74) is -1.68. The van der Waals surface area contributed by atoms with Gasteiger partial charge in [0.05, 0.1) is 6.54 Å². The van der Waals surface area contributed by atoms with Gasteiger partial charge >= 0.3 is 0 Å². The Morgan fingerprint density at radius 1 is 1.70 bits per heavy atom. The monoisotopic (exact) mass is 145 g/mol. The lowest BCUT2D eigenvalue weighted by Crippen LogP contribution is -2.41. The van der Waals surface area contributed by atoms with Crippen LogP contribution in [0.2, 0.25) is 0 Å². The zero-order valence-corrected chi connectivity index (χ0v) is 5.38. The van der Waals surface area contributed by atoms with Crippen molar-refractivity contribution in [2.75, 3.05) is 6.54 Å². The predicted molar refractivity (Wildman–Crippen MR) is 30.1 cm³/mol. The highest BCUT2D eigenvalue weighted by molar-refractivity contribution is 6.15. The standard InChI is InChI=1S/C5H7NO4/c1-5(10-9)3(7)2-6-4(5)8/h9H,2H2,1H3,(H,6,8). The molecule has 0 saturated carbocycles. The van der Waals surface area contributed by atoms with Gasteiger partial charge in [-0.2, -0.15) is 0 Å². The molecule has 1 unspecified atom stereocenters. The van der Waals surface area contributed by atoms with Crippen LogP contribution in [0.15, 0.2) is 0 Å². The van der Waals surface area contributed by atoms with Gasteiger partial charge in [0.2, 0.25) is 5.60 Å². The number of carbonyl (C=O) groups excluding carboxylic acids is 2. The third-order valence-electron chi connectivity index (χ3n) is 1.56. The highest BCUT2D eigenvalue weighted by atomic mass is 17.1. The van der Waals surface area contributed by atoms with Crippen molar-refractivity contribution in [3.63, 3.8) is 0 Å². The van der Waals surface area contributed by atoms with Crippen molar-refractivity contribution in [2.45, 2.75) is 12.5 Å². The molecule has 0 aromatic rings. The fourth-order valence-electron chi connectivity index (χ4n) is 0.717. The smallest absolute Gasteiger partial charge is 0.263 e. The molecule has 1 aliphatic rings. The number of hydrogen-bond donors (Lipinski definition) is 2. The first-order chi connectivity index (χ1) is 4.61. The summed E-state index contributed by atoms with van der Waals surface area (Å²) in [6.45, 7) is 1.15. The molecule has 1 aliphatic heterocycles. The molecule has 0 spiro atoms. The number of amides is 1. The van der Waals surface area contributed by atoms with E-state index in [0.29, 0.717) is 0 Å². The van der Waals surface area contributed by atoms with Crippen molar-refractivity contribution in [3.05, 3.63) is 0 Å². The van der Waals surface area contributed by atoms with Gasteiger partial charge in [0.25, 0.3) is 5.91 Å². The summed E-state index contributed by atoms with van der Waals surface area (Å²) in [6.07, 6.45) is 0. The molecule has 1 saturated heterocycles. The molecule has 0 aromatic carbocycles. The summed E-state index contributed by atoms with van der Waals surface area (Å²) in [6, 6.07) is 0. The zero-order valence-electron chi connectivity index (χ0n) is 5.38. The van der Waals surface area contributed by atoms with Crippen LogP contribution in [0.4, 0.5) is 0 Å². The molecule has 1 rings (SSSR count). The molecular formula is C5H7NO4. The van der Waals surface area contributed by atoms with E-state index in [1.165, 1.54) is 6.92 Å². The molecule has 0 aliphatic carbocycles. The second-order valence-electron chi connectivity index (χ2n) is 2.23. The highest BCUT2D eigenvalue weighted by Crippen LogP contribution is 2.14. The van der Waals surface area contributed by atoms with Crippen LogP contribution < -0.4 is 5.32 Å². The lowest BCUT2D eigenvalue weighted by molar-refractivity contribution is -0.293. The molecule has 2 N–H and O–H groups in total. The number of carbonyl (C=O) groups is 2. The Balaban J connectivity index is 2.90. The highest BCUT2D eigenvalue weighted by Gasteiger charge is 2.47. The Kier molecular flexibility index (Phi) is 1.46. The molecule has 1 heterocycles. The van der Waals surface area contributed by atoms with Gasteiger partial charge in [-0.1, -0.05) is 0 Å². The maximum absolute atomic E-state index is 10.8. The molecule has 5 nitrogen and oxygen atoms in total. The van der Waals surface area contributed by atoms with Crippen molar-refractivity contribution in [3.8, 4) is 0 Å². The van der Waals surface area contributed by atoms with E-state index in [1.54, 1.807) is 0 Å². The summed E-state index contributed by atoms with van der Waals surface area (Å²) in [7, 11) is 0. The molecule has 0 aromatic heterocycles. The molecule has 0 radical (unpaired) electrons. The third kappa shape index (κ3) is 0.714.